The topological polar surface area (TPSA) is 102 Å². The van der Waals surface area contributed by atoms with E-state index in [9.17, 15) is 19.5 Å². The molecule has 0 aromatic rings. The molecule has 0 aliphatic heterocycles. The van der Waals surface area contributed by atoms with Gasteiger partial charge in [0.25, 0.3) is 0 Å². The first kappa shape index (κ1) is 63.3. The van der Waals surface area contributed by atoms with Crippen LogP contribution in [-0.4, -0.2) is 75.5 Å². The van der Waals surface area contributed by atoms with Crippen molar-refractivity contribution in [3.63, 3.8) is 0 Å². The summed E-state index contributed by atoms with van der Waals surface area (Å²) in [4.78, 5) is 37.1. The number of carboxylic acids is 1. The molecule has 8 heteroatoms. The summed E-state index contributed by atoms with van der Waals surface area (Å²) in [5, 5.41) is 11.7. The van der Waals surface area contributed by atoms with E-state index in [1.54, 1.807) is 0 Å². The normalized spacial score (nSPS) is 13.2. The summed E-state index contributed by atoms with van der Waals surface area (Å²) in [7, 11) is 5.42. The predicted molar refractivity (Wildman–Crippen MR) is 277 cm³/mol. The van der Waals surface area contributed by atoms with Crippen molar-refractivity contribution >= 4 is 17.9 Å². The van der Waals surface area contributed by atoms with Crippen molar-refractivity contribution in [2.24, 2.45) is 0 Å². The maximum absolute atomic E-state index is 12.8. The third kappa shape index (κ3) is 46.4. The third-order valence-corrected chi connectivity index (χ3v) is 12.5. The minimum atomic E-state index is -1.12. The number of carbonyl (C=O) groups is 3. The van der Waals surface area contributed by atoms with E-state index in [1.165, 1.54) is 148 Å². The molecular formula is C58H105NO7. The molecule has 384 valence electrons. The lowest BCUT2D eigenvalue weighted by atomic mass is 10.0. The van der Waals surface area contributed by atoms with Gasteiger partial charge in [0.05, 0.1) is 40.3 Å². The number of ether oxygens (including phenoxy) is 3. The van der Waals surface area contributed by atoms with Crippen LogP contribution in [0.5, 0.6) is 0 Å². The molecule has 0 spiro atoms. The van der Waals surface area contributed by atoms with Gasteiger partial charge in [-0.3, -0.25) is 9.59 Å². The minimum Gasteiger partial charge on any atom is -0.544 e. The zero-order valence-corrected chi connectivity index (χ0v) is 43.9. The average Bonchev–Trinajstić information content (AvgIpc) is 3.28. The van der Waals surface area contributed by atoms with Crippen molar-refractivity contribution < 1.29 is 38.2 Å². The predicted octanol–water partition coefficient (Wildman–Crippen LogP) is 15.0. The Kier molecular flexibility index (Phi) is 46.7. The Bertz CT molecular complexity index is 1220. The van der Waals surface area contributed by atoms with Gasteiger partial charge >= 0.3 is 11.9 Å². The van der Waals surface area contributed by atoms with E-state index in [0.29, 0.717) is 12.8 Å². The second-order valence-corrected chi connectivity index (χ2v) is 19.8. The molecule has 8 nitrogen and oxygen atoms in total. The number of rotatable bonds is 50. The molecule has 0 fully saturated rings. The lowest BCUT2D eigenvalue weighted by Crippen LogP contribution is -2.55. The molecule has 0 aromatic carbocycles. The van der Waals surface area contributed by atoms with Gasteiger partial charge in [-0.25, -0.2) is 0 Å². The number of unbranched alkanes of at least 4 members (excludes halogenated alkanes) is 28. The Morgan fingerprint density at radius 1 is 0.470 bits per heavy atom. The van der Waals surface area contributed by atoms with E-state index < -0.39 is 18.1 Å². The first-order valence-corrected chi connectivity index (χ1v) is 27.7. The molecule has 0 N–H and O–H groups in total. The van der Waals surface area contributed by atoms with Gasteiger partial charge in [-0.15, -0.1) is 0 Å². The van der Waals surface area contributed by atoms with Crippen molar-refractivity contribution in [3.8, 4) is 0 Å². The van der Waals surface area contributed by atoms with Crippen molar-refractivity contribution in [2.45, 2.75) is 264 Å². The number of esters is 2. The molecule has 0 aromatic heterocycles. The lowest BCUT2D eigenvalue weighted by molar-refractivity contribution is -0.889. The number of aliphatic carboxylic acids is 1. The number of carboxylic acid groups (broad SMARTS) is 1. The molecule has 0 saturated carbocycles. The van der Waals surface area contributed by atoms with Crippen molar-refractivity contribution in [3.05, 3.63) is 48.6 Å². The van der Waals surface area contributed by atoms with Crippen molar-refractivity contribution in [1.82, 2.24) is 0 Å². The standard InChI is InChI=1S/C58H105NO7/c1-6-8-10-12-14-16-18-20-22-24-26-28-29-31-33-35-37-39-41-43-45-47-49-57(61)66-54(52-64-51-50-55(58(62)63)59(3,4)5)53-65-56(60)48-46-44-42-40-38-36-34-32-30-27-25-23-21-19-17-15-13-11-9-7-2/h9,11,15,17,21,23,27,30,54-55H,6-8,10,12-14,16,18-20,22,24-26,28-29,31-53H2,1-5H3/b11-9+,17-15+,23-21+,30-27+. The second kappa shape index (κ2) is 48.7. The Hall–Kier alpha value is -2.71. The molecule has 0 aliphatic carbocycles. The number of likely N-dealkylation sites (N-methyl/N-ethyl adjacent to an activating group) is 1. The number of allylic oxidation sites excluding steroid dienone is 8. The van der Waals surface area contributed by atoms with Crippen LogP contribution in [0.25, 0.3) is 0 Å². The third-order valence-electron chi connectivity index (χ3n) is 12.5. The van der Waals surface area contributed by atoms with Crippen LogP contribution < -0.4 is 5.11 Å². The fourth-order valence-electron chi connectivity index (χ4n) is 8.24. The summed E-state index contributed by atoms with van der Waals surface area (Å²) >= 11 is 0. The van der Waals surface area contributed by atoms with Crippen molar-refractivity contribution in [2.75, 3.05) is 41.0 Å². The van der Waals surface area contributed by atoms with Gasteiger partial charge in [-0.1, -0.05) is 229 Å². The maximum atomic E-state index is 12.8. The largest absolute Gasteiger partial charge is 0.544 e. The summed E-state index contributed by atoms with van der Waals surface area (Å²) in [6.07, 6.45) is 60.0. The molecule has 0 radical (unpaired) electrons. The van der Waals surface area contributed by atoms with E-state index in [0.717, 1.165) is 70.6 Å². The zero-order valence-electron chi connectivity index (χ0n) is 43.9. The van der Waals surface area contributed by atoms with Gasteiger partial charge in [-0.2, -0.15) is 0 Å². The molecule has 2 unspecified atom stereocenters. The SMILES string of the molecule is CC/C=C/C/C=C/C/C=C/C/C=C/CCCCCCCCCC(=O)OCC(COCCC(C(=O)[O-])[N+](C)(C)C)OC(=O)CCCCCCCCCCCCCCCCCCCCCCCC. The van der Waals surface area contributed by atoms with Gasteiger partial charge in [0, 0.05) is 19.3 Å². The number of carbonyl (C=O) groups excluding carboxylic acids is 3. The van der Waals surface area contributed by atoms with Crippen molar-refractivity contribution in [1.29, 1.82) is 0 Å². The Morgan fingerprint density at radius 2 is 0.848 bits per heavy atom. The molecule has 66 heavy (non-hydrogen) atoms. The molecule has 0 amide bonds. The molecule has 0 heterocycles. The van der Waals surface area contributed by atoms with Crippen LogP contribution in [0.4, 0.5) is 0 Å². The fraction of sp³-hybridized carbons (Fsp3) is 0.810. The van der Waals surface area contributed by atoms with Gasteiger partial charge in [0.1, 0.15) is 12.6 Å². The smallest absolute Gasteiger partial charge is 0.306 e. The molecule has 0 bridgehead atoms. The average molecular weight is 928 g/mol. The molecular weight excluding hydrogens is 823 g/mol. The van der Waals surface area contributed by atoms with E-state index in [2.05, 4.69) is 62.5 Å². The van der Waals surface area contributed by atoms with Crippen LogP contribution in [0.2, 0.25) is 0 Å². The Balaban J connectivity index is 4.19. The van der Waals surface area contributed by atoms with Crippen LogP contribution in [0, 0.1) is 0 Å². The summed E-state index contributed by atoms with van der Waals surface area (Å²) in [5.74, 6) is -1.73. The summed E-state index contributed by atoms with van der Waals surface area (Å²) in [5.41, 5.74) is 0. The monoisotopic (exact) mass is 928 g/mol. The van der Waals surface area contributed by atoms with E-state index >= 15 is 0 Å². The summed E-state index contributed by atoms with van der Waals surface area (Å²) < 4.78 is 17.3. The van der Waals surface area contributed by atoms with Gasteiger partial charge in [0.15, 0.2) is 6.10 Å². The highest BCUT2D eigenvalue weighted by molar-refractivity contribution is 5.70. The zero-order chi connectivity index (χ0) is 48.4. The molecule has 0 saturated heterocycles. The highest BCUT2D eigenvalue weighted by atomic mass is 16.6. The summed E-state index contributed by atoms with van der Waals surface area (Å²) in [6.45, 7) is 4.58. The number of hydrogen-bond donors (Lipinski definition) is 0. The van der Waals surface area contributed by atoms with E-state index in [1.807, 2.05) is 21.1 Å². The number of quaternary nitrogens is 1. The number of hydrogen-bond acceptors (Lipinski definition) is 7. The molecule has 2 atom stereocenters. The van der Waals surface area contributed by atoms with Crippen LogP contribution in [0.15, 0.2) is 48.6 Å². The molecule has 0 aliphatic rings. The van der Waals surface area contributed by atoms with Gasteiger partial charge in [-0.05, 0) is 51.4 Å². The van der Waals surface area contributed by atoms with Crippen LogP contribution in [0.1, 0.15) is 251 Å². The minimum absolute atomic E-state index is 0.0393. The quantitative estimate of drug-likeness (QED) is 0.0259. The van der Waals surface area contributed by atoms with Crippen LogP contribution in [0.3, 0.4) is 0 Å². The lowest BCUT2D eigenvalue weighted by Gasteiger charge is -2.34. The second-order valence-electron chi connectivity index (χ2n) is 19.8. The Morgan fingerprint density at radius 3 is 1.26 bits per heavy atom. The van der Waals surface area contributed by atoms with E-state index in [-0.39, 0.29) is 42.7 Å². The van der Waals surface area contributed by atoms with E-state index in [4.69, 9.17) is 14.2 Å². The number of nitrogens with zero attached hydrogens (tertiary/aromatic N) is 1. The first-order chi connectivity index (χ1) is 32.1. The first-order valence-electron chi connectivity index (χ1n) is 27.7. The summed E-state index contributed by atoms with van der Waals surface area (Å²) in [6, 6.07) is -0.728. The van der Waals surface area contributed by atoms with Gasteiger partial charge in [0.2, 0.25) is 0 Å². The fourth-order valence-corrected chi connectivity index (χ4v) is 8.24. The highest BCUT2D eigenvalue weighted by Gasteiger charge is 2.25. The van der Waals surface area contributed by atoms with Crippen LogP contribution in [-0.2, 0) is 28.6 Å². The van der Waals surface area contributed by atoms with Crippen LogP contribution >= 0.6 is 0 Å². The maximum Gasteiger partial charge on any atom is 0.306 e. The van der Waals surface area contributed by atoms with Gasteiger partial charge < -0.3 is 28.6 Å². The molecule has 0 rings (SSSR count). The Labute approximate surface area is 407 Å². The highest BCUT2D eigenvalue weighted by Crippen LogP contribution is 2.17.